The quantitative estimate of drug-likeness (QED) is 0.370. The Bertz CT molecular complexity index is 1110. The molecule has 0 unspecified atom stereocenters. The second-order valence-electron chi connectivity index (χ2n) is 7.95. The number of carbonyl (C=O) groups is 1. The number of rotatable bonds is 5. The van der Waals surface area contributed by atoms with Gasteiger partial charge in [0, 0.05) is 12.8 Å². The molecule has 1 aliphatic rings. The summed E-state index contributed by atoms with van der Waals surface area (Å²) in [7, 11) is 0. The van der Waals surface area contributed by atoms with Crippen molar-refractivity contribution >= 4 is 28.0 Å². The minimum atomic E-state index is -0.0109. The smallest absolute Gasteiger partial charge is 0.168 e. The number of carbonyl (C=O) groups excluding carboxylic acids is 1. The SMILES string of the molecule is CCCC/C(O)=C1\C(=O)C[C@@H](c2ccccc2)CC1=Nc1ccc2ccccc2c1. The minimum Gasteiger partial charge on any atom is -0.511 e. The lowest BCUT2D eigenvalue weighted by Crippen LogP contribution is -2.26. The summed E-state index contributed by atoms with van der Waals surface area (Å²) in [4.78, 5) is 18.0. The van der Waals surface area contributed by atoms with Crippen LogP contribution >= 0.6 is 0 Å². The van der Waals surface area contributed by atoms with Crippen molar-refractivity contribution in [3.63, 3.8) is 0 Å². The molecule has 1 aliphatic carbocycles. The van der Waals surface area contributed by atoms with Crippen LogP contribution in [0.5, 0.6) is 0 Å². The van der Waals surface area contributed by atoms with E-state index in [9.17, 15) is 9.90 Å². The highest BCUT2D eigenvalue weighted by molar-refractivity contribution is 6.25. The second kappa shape index (κ2) is 9.08. The number of aliphatic hydroxyl groups excluding tert-OH is 1. The van der Waals surface area contributed by atoms with Gasteiger partial charge in [0.05, 0.1) is 17.0 Å². The molecular weight excluding hydrogens is 370 g/mol. The highest BCUT2D eigenvalue weighted by atomic mass is 16.3. The average molecular weight is 398 g/mol. The first kappa shape index (κ1) is 20.1. The van der Waals surface area contributed by atoms with Gasteiger partial charge in [-0.1, -0.05) is 74.0 Å². The van der Waals surface area contributed by atoms with Crippen LogP contribution in [0.4, 0.5) is 5.69 Å². The first-order valence-electron chi connectivity index (χ1n) is 10.7. The molecule has 0 amide bonds. The van der Waals surface area contributed by atoms with Gasteiger partial charge in [-0.3, -0.25) is 9.79 Å². The standard InChI is InChI=1S/C27H27NO2/c1-2-3-13-25(29)27-24(17-22(18-26(27)30)19-9-5-4-6-10-19)28-23-15-14-20-11-7-8-12-21(20)16-23/h4-12,14-16,22,29H,2-3,13,17-18H2,1H3/b27-25+,28-24?/t22-/m0/s1. The van der Waals surface area contributed by atoms with Crippen molar-refractivity contribution < 1.29 is 9.90 Å². The van der Waals surface area contributed by atoms with Crippen molar-refractivity contribution in [3.05, 3.63) is 89.7 Å². The summed E-state index contributed by atoms with van der Waals surface area (Å²) in [5.74, 6) is 0.261. The van der Waals surface area contributed by atoms with Crippen molar-refractivity contribution in [2.24, 2.45) is 4.99 Å². The summed E-state index contributed by atoms with van der Waals surface area (Å²) >= 11 is 0. The molecule has 1 N–H and O–H groups in total. The largest absolute Gasteiger partial charge is 0.511 e. The minimum absolute atomic E-state index is 0.0109. The van der Waals surface area contributed by atoms with Gasteiger partial charge >= 0.3 is 0 Å². The molecule has 3 aromatic carbocycles. The molecule has 30 heavy (non-hydrogen) atoms. The molecule has 0 saturated heterocycles. The van der Waals surface area contributed by atoms with Crippen LogP contribution in [-0.4, -0.2) is 16.6 Å². The highest BCUT2D eigenvalue weighted by Gasteiger charge is 2.32. The second-order valence-corrected chi connectivity index (χ2v) is 7.95. The van der Waals surface area contributed by atoms with Gasteiger partial charge in [-0.2, -0.15) is 0 Å². The van der Waals surface area contributed by atoms with Crippen molar-refractivity contribution in [1.29, 1.82) is 0 Å². The van der Waals surface area contributed by atoms with Crippen LogP contribution in [0.1, 0.15) is 50.5 Å². The van der Waals surface area contributed by atoms with Crippen molar-refractivity contribution in [2.75, 3.05) is 0 Å². The molecule has 0 aliphatic heterocycles. The summed E-state index contributed by atoms with van der Waals surface area (Å²) in [6.45, 7) is 2.08. The van der Waals surface area contributed by atoms with Gasteiger partial charge in [-0.15, -0.1) is 0 Å². The highest BCUT2D eigenvalue weighted by Crippen LogP contribution is 2.35. The third-order valence-electron chi connectivity index (χ3n) is 5.76. The van der Waals surface area contributed by atoms with E-state index in [0.717, 1.165) is 34.9 Å². The number of fused-ring (bicyclic) bond motifs is 1. The molecule has 0 aromatic heterocycles. The Kier molecular flexibility index (Phi) is 6.08. The normalized spacial score (nSPS) is 20.0. The molecule has 1 saturated carbocycles. The van der Waals surface area contributed by atoms with E-state index >= 15 is 0 Å². The summed E-state index contributed by atoms with van der Waals surface area (Å²) in [6, 6.07) is 24.4. The average Bonchev–Trinajstić information content (AvgIpc) is 2.77. The lowest BCUT2D eigenvalue weighted by Gasteiger charge is -2.26. The topological polar surface area (TPSA) is 49.7 Å². The number of aliphatic hydroxyl groups is 1. The third kappa shape index (κ3) is 4.35. The molecular formula is C27H27NO2. The zero-order valence-electron chi connectivity index (χ0n) is 17.3. The lowest BCUT2D eigenvalue weighted by molar-refractivity contribution is -0.115. The maximum Gasteiger partial charge on any atom is 0.168 e. The van der Waals surface area contributed by atoms with E-state index in [1.807, 2.05) is 48.5 Å². The number of hydrogen-bond acceptors (Lipinski definition) is 3. The summed E-state index contributed by atoms with van der Waals surface area (Å²) in [5, 5.41) is 13.0. The predicted molar refractivity (Wildman–Crippen MR) is 124 cm³/mol. The van der Waals surface area contributed by atoms with E-state index in [0.29, 0.717) is 30.5 Å². The number of allylic oxidation sites excluding steroid dienone is 2. The Hall–Kier alpha value is -3.20. The number of ketones is 1. The maximum atomic E-state index is 13.1. The molecule has 152 valence electrons. The predicted octanol–water partition coefficient (Wildman–Crippen LogP) is 7.06. The Morgan fingerprint density at radius 3 is 2.47 bits per heavy atom. The number of hydrogen-bond donors (Lipinski definition) is 1. The molecule has 1 fully saturated rings. The van der Waals surface area contributed by atoms with Gasteiger partial charge in [0.15, 0.2) is 5.78 Å². The van der Waals surface area contributed by atoms with Crippen LogP contribution in [0.3, 0.4) is 0 Å². The summed E-state index contributed by atoms with van der Waals surface area (Å²) < 4.78 is 0. The van der Waals surface area contributed by atoms with Gasteiger partial charge in [0.1, 0.15) is 5.76 Å². The zero-order chi connectivity index (χ0) is 20.9. The lowest BCUT2D eigenvalue weighted by atomic mass is 9.78. The fraction of sp³-hybridized carbons (Fsp3) is 0.259. The number of aliphatic imine (C=N–C) groups is 1. The van der Waals surface area contributed by atoms with E-state index in [2.05, 4.69) is 31.2 Å². The Labute approximate surface area is 177 Å². The van der Waals surface area contributed by atoms with Gasteiger partial charge in [-0.25, -0.2) is 0 Å². The molecule has 3 aromatic rings. The third-order valence-corrected chi connectivity index (χ3v) is 5.76. The van der Waals surface area contributed by atoms with Crippen LogP contribution < -0.4 is 0 Å². The van der Waals surface area contributed by atoms with Gasteiger partial charge in [-0.05, 0) is 47.2 Å². The first-order valence-corrected chi connectivity index (χ1v) is 10.7. The van der Waals surface area contributed by atoms with E-state index in [-0.39, 0.29) is 17.5 Å². The number of nitrogens with zero attached hydrogens (tertiary/aromatic N) is 1. The van der Waals surface area contributed by atoms with E-state index in [4.69, 9.17) is 4.99 Å². The van der Waals surface area contributed by atoms with Crippen molar-refractivity contribution in [3.8, 4) is 0 Å². The monoisotopic (exact) mass is 397 g/mol. The Balaban J connectivity index is 1.76. The summed E-state index contributed by atoms with van der Waals surface area (Å²) in [5.41, 5.74) is 3.09. The van der Waals surface area contributed by atoms with E-state index in [1.54, 1.807) is 0 Å². The van der Waals surface area contributed by atoms with E-state index < -0.39 is 0 Å². The summed E-state index contributed by atoms with van der Waals surface area (Å²) in [6.07, 6.45) is 3.40. The maximum absolute atomic E-state index is 13.1. The molecule has 0 spiro atoms. The number of benzene rings is 3. The van der Waals surface area contributed by atoms with Crippen molar-refractivity contribution in [1.82, 2.24) is 0 Å². The first-order chi connectivity index (χ1) is 14.7. The van der Waals surface area contributed by atoms with Crippen LogP contribution in [0.25, 0.3) is 10.8 Å². The fourth-order valence-electron chi connectivity index (χ4n) is 4.16. The van der Waals surface area contributed by atoms with E-state index in [1.165, 1.54) is 0 Å². The van der Waals surface area contributed by atoms with Gasteiger partial charge < -0.3 is 5.11 Å². The van der Waals surface area contributed by atoms with Gasteiger partial charge in [0.2, 0.25) is 0 Å². The molecule has 0 bridgehead atoms. The molecule has 1 atom stereocenters. The molecule has 3 nitrogen and oxygen atoms in total. The molecule has 0 radical (unpaired) electrons. The van der Waals surface area contributed by atoms with Gasteiger partial charge in [0.25, 0.3) is 0 Å². The molecule has 3 heteroatoms. The van der Waals surface area contributed by atoms with Crippen LogP contribution in [0.2, 0.25) is 0 Å². The van der Waals surface area contributed by atoms with Crippen LogP contribution in [0, 0.1) is 0 Å². The van der Waals surface area contributed by atoms with Crippen LogP contribution in [0.15, 0.2) is 89.1 Å². The Morgan fingerprint density at radius 1 is 0.967 bits per heavy atom. The van der Waals surface area contributed by atoms with Crippen molar-refractivity contribution in [2.45, 2.75) is 44.9 Å². The molecule has 0 heterocycles. The Morgan fingerprint density at radius 2 is 1.70 bits per heavy atom. The zero-order valence-corrected chi connectivity index (χ0v) is 17.3. The molecule has 4 rings (SSSR count). The number of unbranched alkanes of at least 4 members (excludes halogenated alkanes) is 1. The van der Waals surface area contributed by atoms with Crippen LogP contribution in [-0.2, 0) is 4.79 Å². The number of Topliss-reactive ketones (excluding diaryl/α,β-unsaturated/α-hetero) is 1. The fourth-order valence-corrected chi connectivity index (χ4v) is 4.16.